The van der Waals surface area contributed by atoms with Crippen molar-refractivity contribution in [3.8, 4) is 57.0 Å². The molecule has 8 aromatic rings. The summed E-state index contributed by atoms with van der Waals surface area (Å²) in [6.45, 7) is 8.19. The van der Waals surface area contributed by atoms with Crippen LogP contribution in [0.3, 0.4) is 0 Å². The lowest BCUT2D eigenvalue weighted by molar-refractivity contribution is 1.07. The molecule has 0 saturated heterocycles. The molecule has 0 aliphatic carbocycles. The van der Waals surface area contributed by atoms with Crippen LogP contribution in [0.15, 0.2) is 146 Å². The first kappa shape index (κ1) is 27.6. The minimum atomic E-state index is 0.449. The summed E-state index contributed by atoms with van der Waals surface area (Å²) in [7, 11) is 0. The van der Waals surface area contributed by atoms with E-state index in [0.717, 1.165) is 49.7 Å². The summed E-state index contributed by atoms with van der Waals surface area (Å²) >= 11 is 0. The second kappa shape index (κ2) is 11.6. The van der Waals surface area contributed by atoms with E-state index in [2.05, 4.69) is 45.8 Å². The van der Waals surface area contributed by atoms with Crippen molar-refractivity contribution in [2.75, 3.05) is 0 Å². The SMILES string of the molecule is [C-]#[N+]c1cc(-n2c3ccccc3c3cc(-c4ccc(C#N)cc4)ccc32)ccc1-c1nc(-c2ccccc2)nc(-c2ccccc2)n1. The van der Waals surface area contributed by atoms with E-state index in [4.69, 9.17) is 21.5 Å². The third-order valence-corrected chi connectivity index (χ3v) is 8.32. The Balaban J connectivity index is 1.28. The van der Waals surface area contributed by atoms with E-state index in [1.165, 1.54) is 0 Å². The van der Waals surface area contributed by atoms with Crippen LogP contribution in [0.5, 0.6) is 0 Å². The number of para-hydroxylation sites is 1. The summed E-state index contributed by atoms with van der Waals surface area (Å²) in [5.41, 5.74) is 8.54. The molecule has 0 spiro atoms. The van der Waals surface area contributed by atoms with Crippen LogP contribution in [0.1, 0.15) is 5.56 Å². The first-order valence-electron chi connectivity index (χ1n) is 15.1. The monoisotopic (exact) mass is 600 g/mol. The molecule has 0 fully saturated rings. The molecule has 0 unspecified atom stereocenters. The third-order valence-electron chi connectivity index (χ3n) is 8.32. The van der Waals surface area contributed by atoms with Gasteiger partial charge in [0.1, 0.15) is 0 Å². The zero-order valence-electron chi connectivity index (χ0n) is 25.0. The molecule has 0 aliphatic rings. The lowest BCUT2D eigenvalue weighted by atomic mass is 10.0. The Labute approximate surface area is 271 Å². The van der Waals surface area contributed by atoms with E-state index < -0.39 is 0 Å². The highest BCUT2D eigenvalue weighted by Gasteiger charge is 2.18. The predicted octanol–water partition coefficient (Wildman–Crippen LogP) is 10.1. The Morgan fingerprint density at radius 3 is 1.79 bits per heavy atom. The largest absolute Gasteiger partial charge is 0.311 e. The maximum absolute atomic E-state index is 9.23. The molecule has 0 atom stereocenters. The average molecular weight is 601 g/mol. The second-order valence-electron chi connectivity index (χ2n) is 11.1. The molecule has 6 heteroatoms. The lowest BCUT2D eigenvalue weighted by Gasteiger charge is -2.12. The number of hydrogen-bond donors (Lipinski definition) is 0. The zero-order valence-corrected chi connectivity index (χ0v) is 25.0. The summed E-state index contributed by atoms with van der Waals surface area (Å²) in [5, 5.41) is 11.4. The van der Waals surface area contributed by atoms with Gasteiger partial charge in [0.05, 0.1) is 29.2 Å². The molecule has 6 aromatic carbocycles. The molecule has 2 aromatic heterocycles. The normalized spacial score (nSPS) is 10.9. The summed E-state index contributed by atoms with van der Waals surface area (Å²) < 4.78 is 2.20. The van der Waals surface area contributed by atoms with Crippen molar-refractivity contribution in [2.45, 2.75) is 0 Å². The van der Waals surface area contributed by atoms with E-state index >= 15 is 0 Å². The van der Waals surface area contributed by atoms with Crippen molar-refractivity contribution in [1.29, 1.82) is 5.26 Å². The van der Waals surface area contributed by atoms with Gasteiger partial charge in [-0.1, -0.05) is 103 Å². The van der Waals surface area contributed by atoms with Crippen LogP contribution in [-0.4, -0.2) is 19.5 Å². The Hall–Kier alpha value is -6.89. The number of fused-ring (bicyclic) bond motifs is 3. The molecule has 2 heterocycles. The fraction of sp³-hybridized carbons (Fsp3) is 0. The number of nitriles is 1. The molecular weight excluding hydrogens is 576 g/mol. The summed E-state index contributed by atoms with van der Waals surface area (Å²) in [5.74, 6) is 1.55. The average Bonchev–Trinajstić information content (AvgIpc) is 3.49. The fourth-order valence-electron chi connectivity index (χ4n) is 6.04. The van der Waals surface area contributed by atoms with E-state index in [9.17, 15) is 5.26 Å². The molecule has 0 N–H and O–H groups in total. The van der Waals surface area contributed by atoms with Crippen molar-refractivity contribution in [1.82, 2.24) is 19.5 Å². The van der Waals surface area contributed by atoms with Crippen molar-refractivity contribution in [3.05, 3.63) is 163 Å². The minimum Gasteiger partial charge on any atom is -0.311 e. The fourth-order valence-corrected chi connectivity index (χ4v) is 6.04. The molecule has 6 nitrogen and oxygen atoms in total. The molecule has 0 aliphatic heterocycles. The summed E-state index contributed by atoms with van der Waals surface area (Å²) in [6.07, 6.45) is 0. The van der Waals surface area contributed by atoms with E-state index in [1.807, 2.05) is 115 Å². The molecule has 8 rings (SSSR count). The van der Waals surface area contributed by atoms with Crippen LogP contribution in [0, 0.1) is 17.9 Å². The molecular formula is C41H24N6. The summed E-state index contributed by atoms with van der Waals surface area (Å²) in [6, 6.07) is 50.1. The molecule has 0 bridgehead atoms. The number of nitrogens with zero attached hydrogens (tertiary/aromatic N) is 6. The van der Waals surface area contributed by atoms with Crippen LogP contribution in [0.25, 0.3) is 77.6 Å². The quantitative estimate of drug-likeness (QED) is 0.184. The predicted molar refractivity (Wildman–Crippen MR) is 187 cm³/mol. The smallest absolute Gasteiger partial charge is 0.200 e. The third kappa shape index (κ3) is 4.97. The maximum atomic E-state index is 9.23. The van der Waals surface area contributed by atoms with Gasteiger partial charge in [-0.25, -0.2) is 19.8 Å². The van der Waals surface area contributed by atoms with E-state index in [0.29, 0.717) is 34.3 Å². The molecule has 47 heavy (non-hydrogen) atoms. The van der Waals surface area contributed by atoms with Crippen molar-refractivity contribution in [3.63, 3.8) is 0 Å². The van der Waals surface area contributed by atoms with Crippen LogP contribution < -0.4 is 0 Å². The number of hydrogen-bond acceptors (Lipinski definition) is 4. The Morgan fingerprint density at radius 1 is 0.532 bits per heavy atom. The van der Waals surface area contributed by atoms with E-state index in [1.54, 1.807) is 0 Å². The maximum Gasteiger partial charge on any atom is 0.200 e. The van der Waals surface area contributed by atoms with Crippen LogP contribution in [0.2, 0.25) is 0 Å². The minimum absolute atomic E-state index is 0.449. The number of aromatic nitrogens is 4. The summed E-state index contributed by atoms with van der Waals surface area (Å²) in [4.78, 5) is 18.5. The Bertz CT molecular complexity index is 2460. The van der Waals surface area contributed by atoms with Crippen LogP contribution in [0.4, 0.5) is 5.69 Å². The second-order valence-corrected chi connectivity index (χ2v) is 11.1. The molecule has 0 radical (unpaired) electrons. The van der Waals surface area contributed by atoms with Gasteiger partial charge in [0.25, 0.3) is 0 Å². The Morgan fingerprint density at radius 2 is 1.13 bits per heavy atom. The number of benzene rings is 6. The van der Waals surface area contributed by atoms with Gasteiger partial charge in [0, 0.05) is 33.2 Å². The van der Waals surface area contributed by atoms with E-state index in [-0.39, 0.29) is 0 Å². The van der Waals surface area contributed by atoms with Gasteiger partial charge in [0.15, 0.2) is 23.2 Å². The Kier molecular flexibility index (Phi) is 6.80. The lowest BCUT2D eigenvalue weighted by Crippen LogP contribution is -2.01. The highest BCUT2D eigenvalue weighted by Crippen LogP contribution is 2.38. The van der Waals surface area contributed by atoms with Crippen molar-refractivity contribution < 1.29 is 0 Å². The first-order chi connectivity index (χ1) is 23.2. The first-order valence-corrected chi connectivity index (χ1v) is 15.1. The van der Waals surface area contributed by atoms with Gasteiger partial charge in [0.2, 0.25) is 0 Å². The number of rotatable bonds is 5. The van der Waals surface area contributed by atoms with Crippen molar-refractivity contribution >= 4 is 27.5 Å². The van der Waals surface area contributed by atoms with Gasteiger partial charge in [-0.2, -0.15) is 5.26 Å². The zero-order chi connectivity index (χ0) is 31.7. The van der Waals surface area contributed by atoms with Crippen LogP contribution in [-0.2, 0) is 0 Å². The van der Waals surface area contributed by atoms with Crippen LogP contribution >= 0.6 is 0 Å². The van der Waals surface area contributed by atoms with Gasteiger partial charge < -0.3 is 4.57 Å². The van der Waals surface area contributed by atoms with Gasteiger partial charge in [-0.05, 0) is 53.6 Å². The molecule has 0 amide bonds. The topological polar surface area (TPSA) is 71.8 Å². The highest BCUT2D eigenvalue weighted by molar-refractivity contribution is 6.10. The van der Waals surface area contributed by atoms with Gasteiger partial charge in [-0.3, -0.25) is 0 Å². The highest BCUT2D eigenvalue weighted by atomic mass is 15.0. The van der Waals surface area contributed by atoms with Gasteiger partial charge in [-0.15, -0.1) is 0 Å². The van der Waals surface area contributed by atoms with Crippen molar-refractivity contribution in [2.24, 2.45) is 0 Å². The standard InChI is InChI=1S/C41H24N6/c1-43-36-25-32(21-22-34(36)41-45-39(29-10-4-2-5-11-29)44-40(46-41)30-12-6-3-7-13-30)47-37-15-9-8-14-33(37)35-24-31(20-23-38(35)47)28-18-16-27(26-42)17-19-28/h2-25H. The molecule has 218 valence electrons. The van der Waals surface area contributed by atoms with Gasteiger partial charge >= 0.3 is 0 Å². The molecule has 0 saturated carbocycles.